The van der Waals surface area contributed by atoms with E-state index in [1.54, 1.807) is 0 Å². The maximum Gasteiger partial charge on any atom is 0.113 e. The number of aliphatic hydroxyl groups is 5. The van der Waals surface area contributed by atoms with E-state index >= 15 is 0 Å². The van der Waals surface area contributed by atoms with Crippen LogP contribution in [-0.2, 0) is 0 Å². The first-order valence-electron chi connectivity index (χ1n) is 10.1. The molecule has 6 heteroatoms. The molecule has 3 saturated heterocycles. The fourth-order valence-electron chi connectivity index (χ4n) is 10.4. The Hall–Kier alpha value is -0.500. The Kier molecular flexibility index (Phi) is 2.19. The fraction of sp³-hybridized carbons (Fsp3) is 0.900. The number of rotatable bonds is 0. The van der Waals surface area contributed by atoms with Crippen LogP contribution in [0, 0.1) is 34.0 Å². The summed E-state index contributed by atoms with van der Waals surface area (Å²) in [5.41, 5.74) is -2.40. The molecule has 0 aromatic carbocycles. The van der Waals surface area contributed by atoms with Crippen molar-refractivity contribution in [1.82, 2.24) is 4.90 Å². The standard InChI is InChI=1S/C20H27NO5/c1-7-4-18-5-10-12-17(2)6-11(22)15(24)19(12)13(21(10)16(17)25)9(18)3-8(7)14(23)20(18,19)26/h8-16,22-26H,1,3-6H2,2H3. The van der Waals surface area contributed by atoms with Crippen molar-refractivity contribution < 1.29 is 25.5 Å². The highest BCUT2D eigenvalue weighted by molar-refractivity contribution is 5.48. The minimum Gasteiger partial charge on any atom is -0.390 e. The Bertz CT molecular complexity index is 788. The lowest BCUT2D eigenvalue weighted by molar-refractivity contribution is -0.326. The monoisotopic (exact) mass is 361 g/mol. The predicted molar refractivity (Wildman–Crippen MR) is 89.4 cm³/mol. The number of fused-ring (bicyclic) bond motifs is 1. The lowest BCUT2D eigenvalue weighted by Gasteiger charge is -2.69. The number of aliphatic hydroxyl groups excluding tert-OH is 4. The molecule has 9 bridgehead atoms. The molecule has 9 rings (SSSR count). The Balaban J connectivity index is 1.59. The molecule has 0 aromatic heterocycles. The van der Waals surface area contributed by atoms with Crippen molar-refractivity contribution in [1.29, 1.82) is 0 Å². The Morgan fingerprint density at radius 2 is 1.85 bits per heavy atom. The summed E-state index contributed by atoms with van der Waals surface area (Å²) in [7, 11) is 0. The minimum atomic E-state index is -1.42. The van der Waals surface area contributed by atoms with E-state index in [-0.39, 0.29) is 29.8 Å². The maximum atomic E-state index is 12.3. The molecule has 5 N–H and O–H groups in total. The van der Waals surface area contributed by atoms with Gasteiger partial charge >= 0.3 is 0 Å². The highest BCUT2D eigenvalue weighted by Gasteiger charge is 2.97. The second kappa shape index (κ2) is 3.70. The third-order valence-electron chi connectivity index (χ3n) is 10.6. The summed E-state index contributed by atoms with van der Waals surface area (Å²) in [5.74, 6) is -0.123. The lowest BCUT2D eigenvalue weighted by Crippen LogP contribution is -2.79. The summed E-state index contributed by atoms with van der Waals surface area (Å²) in [6.07, 6.45) is -1.12. The smallest absolute Gasteiger partial charge is 0.113 e. The van der Waals surface area contributed by atoms with Gasteiger partial charge in [-0.05, 0) is 37.5 Å². The van der Waals surface area contributed by atoms with Crippen LogP contribution in [0.5, 0.6) is 0 Å². The van der Waals surface area contributed by atoms with Gasteiger partial charge in [-0.25, -0.2) is 0 Å². The van der Waals surface area contributed by atoms with E-state index < -0.39 is 46.4 Å². The quantitative estimate of drug-likeness (QED) is 0.362. The lowest BCUT2D eigenvalue weighted by atomic mass is 9.37. The van der Waals surface area contributed by atoms with Crippen LogP contribution in [0.4, 0.5) is 0 Å². The zero-order valence-electron chi connectivity index (χ0n) is 14.9. The molecule has 2 spiro atoms. The minimum absolute atomic E-state index is 0.101. The molecular weight excluding hydrogens is 334 g/mol. The molecule has 6 saturated carbocycles. The molecule has 6 nitrogen and oxygen atoms in total. The first kappa shape index (κ1) is 15.4. The van der Waals surface area contributed by atoms with Gasteiger partial charge in [-0.1, -0.05) is 19.1 Å². The third-order valence-corrected chi connectivity index (χ3v) is 10.6. The topological polar surface area (TPSA) is 104 Å². The van der Waals surface area contributed by atoms with Crippen LogP contribution >= 0.6 is 0 Å². The van der Waals surface area contributed by atoms with Crippen molar-refractivity contribution in [3.63, 3.8) is 0 Å². The van der Waals surface area contributed by atoms with Gasteiger partial charge in [0.15, 0.2) is 0 Å². The molecule has 6 aliphatic carbocycles. The van der Waals surface area contributed by atoms with Crippen LogP contribution in [0.1, 0.15) is 32.6 Å². The van der Waals surface area contributed by atoms with Crippen molar-refractivity contribution in [3.8, 4) is 0 Å². The molecule has 3 heterocycles. The first-order chi connectivity index (χ1) is 12.2. The second-order valence-electron chi connectivity index (χ2n) is 10.8. The van der Waals surface area contributed by atoms with E-state index in [1.165, 1.54) is 0 Å². The number of piperidine rings is 2. The van der Waals surface area contributed by atoms with E-state index in [0.29, 0.717) is 12.8 Å². The van der Waals surface area contributed by atoms with Gasteiger partial charge < -0.3 is 25.5 Å². The normalized spacial score (nSPS) is 76.9. The molecular formula is C20H27NO5. The molecule has 9 fully saturated rings. The van der Waals surface area contributed by atoms with Crippen molar-refractivity contribution in [2.45, 2.75) is 74.8 Å². The summed E-state index contributed by atoms with van der Waals surface area (Å²) in [6.45, 7) is 6.20. The SMILES string of the molecule is C=C1CC23CC4C5C6(C)CC(O)C(O)C57C(C2CC1C(O)C37O)N4C6O. The Labute approximate surface area is 152 Å². The van der Waals surface area contributed by atoms with Crippen LogP contribution in [0.3, 0.4) is 0 Å². The number of hydrogen-bond donors (Lipinski definition) is 5. The molecule has 9 aliphatic rings. The van der Waals surface area contributed by atoms with Crippen molar-refractivity contribution >= 4 is 0 Å². The fourth-order valence-corrected chi connectivity index (χ4v) is 10.4. The number of nitrogens with zero attached hydrogens (tertiary/aromatic N) is 1. The summed E-state index contributed by atoms with van der Waals surface area (Å²) in [5, 5.41) is 57.0. The molecule has 0 amide bonds. The largest absolute Gasteiger partial charge is 0.390 e. The Morgan fingerprint density at radius 1 is 1.12 bits per heavy atom. The molecule has 14 unspecified atom stereocenters. The van der Waals surface area contributed by atoms with Crippen LogP contribution in [-0.4, -0.2) is 72.7 Å². The third kappa shape index (κ3) is 0.974. The Morgan fingerprint density at radius 3 is 2.58 bits per heavy atom. The maximum absolute atomic E-state index is 12.3. The zero-order valence-corrected chi connectivity index (χ0v) is 14.9. The van der Waals surface area contributed by atoms with Gasteiger partial charge in [0.05, 0.1) is 23.7 Å². The highest BCUT2D eigenvalue weighted by Crippen LogP contribution is 2.88. The summed E-state index contributed by atoms with van der Waals surface area (Å²) in [4.78, 5) is 2.17. The summed E-state index contributed by atoms with van der Waals surface area (Å²) >= 11 is 0. The van der Waals surface area contributed by atoms with Gasteiger partial charge in [0.25, 0.3) is 0 Å². The zero-order chi connectivity index (χ0) is 18.2. The molecule has 0 aromatic rings. The van der Waals surface area contributed by atoms with Crippen LogP contribution < -0.4 is 0 Å². The predicted octanol–water partition coefficient (Wildman–Crippen LogP) is -0.803. The van der Waals surface area contributed by atoms with E-state index in [2.05, 4.69) is 11.5 Å². The van der Waals surface area contributed by atoms with Gasteiger partial charge in [0, 0.05) is 28.8 Å². The van der Waals surface area contributed by atoms with E-state index in [1.807, 2.05) is 6.92 Å². The van der Waals surface area contributed by atoms with Gasteiger partial charge in [0.2, 0.25) is 0 Å². The van der Waals surface area contributed by atoms with Crippen molar-refractivity contribution in [3.05, 3.63) is 12.2 Å². The average Bonchev–Trinajstić information content (AvgIpc) is 2.96. The van der Waals surface area contributed by atoms with E-state index in [4.69, 9.17) is 0 Å². The van der Waals surface area contributed by atoms with Crippen molar-refractivity contribution in [2.24, 2.45) is 34.0 Å². The second-order valence-corrected chi connectivity index (χ2v) is 10.8. The summed E-state index contributed by atoms with van der Waals surface area (Å²) < 4.78 is 0. The van der Waals surface area contributed by atoms with E-state index in [9.17, 15) is 25.5 Å². The average molecular weight is 361 g/mol. The molecule has 26 heavy (non-hydrogen) atoms. The van der Waals surface area contributed by atoms with Gasteiger partial charge in [-0.2, -0.15) is 0 Å². The molecule has 14 atom stereocenters. The molecule has 3 aliphatic heterocycles. The number of hydrogen-bond acceptors (Lipinski definition) is 6. The van der Waals surface area contributed by atoms with Crippen LogP contribution in [0.25, 0.3) is 0 Å². The van der Waals surface area contributed by atoms with E-state index in [0.717, 1.165) is 18.4 Å². The highest BCUT2D eigenvalue weighted by atomic mass is 16.4. The van der Waals surface area contributed by atoms with Gasteiger partial charge in [-0.3, -0.25) is 4.90 Å². The summed E-state index contributed by atoms with van der Waals surface area (Å²) in [6, 6.07) is -0.0645. The van der Waals surface area contributed by atoms with Crippen molar-refractivity contribution in [2.75, 3.05) is 0 Å². The molecule has 0 radical (unpaired) electrons. The van der Waals surface area contributed by atoms with Crippen LogP contribution in [0.15, 0.2) is 12.2 Å². The first-order valence-corrected chi connectivity index (χ1v) is 10.1. The van der Waals surface area contributed by atoms with Gasteiger partial charge in [0.1, 0.15) is 11.8 Å². The molecule has 142 valence electrons. The van der Waals surface area contributed by atoms with Gasteiger partial charge in [-0.15, -0.1) is 0 Å². The van der Waals surface area contributed by atoms with Crippen LogP contribution in [0.2, 0.25) is 0 Å².